The third-order valence-electron chi connectivity index (χ3n) is 5.53. The Balaban J connectivity index is 1.43. The lowest BCUT2D eigenvalue weighted by Crippen LogP contribution is -2.48. The Kier molecular flexibility index (Phi) is 6.31. The van der Waals surface area contributed by atoms with Crippen molar-refractivity contribution in [1.82, 2.24) is 20.3 Å². The van der Waals surface area contributed by atoms with Crippen LogP contribution in [0.3, 0.4) is 0 Å². The minimum atomic E-state index is -0.399. The number of carbonyl (C=O) groups is 3. The molecule has 3 aromatic rings. The van der Waals surface area contributed by atoms with Crippen molar-refractivity contribution >= 4 is 28.6 Å². The molecule has 160 valence electrons. The molecule has 0 unspecified atom stereocenters. The third-order valence-corrected chi connectivity index (χ3v) is 5.53. The normalized spacial score (nSPS) is 14.3. The molecule has 4 rings (SSSR count). The van der Waals surface area contributed by atoms with E-state index in [9.17, 15) is 14.4 Å². The van der Waals surface area contributed by atoms with E-state index in [1.165, 1.54) is 0 Å². The van der Waals surface area contributed by atoms with Crippen LogP contribution in [0.2, 0.25) is 0 Å². The van der Waals surface area contributed by atoms with E-state index >= 15 is 0 Å². The molecular weight excluding hydrogens is 392 g/mol. The van der Waals surface area contributed by atoms with Crippen molar-refractivity contribution in [2.75, 3.05) is 13.1 Å². The summed E-state index contributed by atoms with van der Waals surface area (Å²) in [7, 11) is 0. The summed E-state index contributed by atoms with van der Waals surface area (Å²) in [6, 6.07) is 19.8. The summed E-state index contributed by atoms with van der Waals surface area (Å²) in [6.45, 7) is 0.595. The van der Waals surface area contributed by atoms with E-state index in [2.05, 4.69) is 16.9 Å². The first-order valence-electron chi connectivity index (χ1n) is 10.6. The van der Waals surface area contributed by atoms with Gasteiger partial charge in [0.15, 0.2) is 0 Å². The zero-order valence-corrected chi connectivity index (χ0v) is 17.3. The fourth-order valence-electron chi connectivity index (χ4n) is 3.97. The maximum Gasteiger partial charge on any atom is 0.258 e. The van der Waals surface area contributed by atoms with Gasteiger partial charge in [-0.15, -0.1) is 0 Å². The first-order valence-corrected chi connectivity index (χ1v) is 10.6. The highest BCUT2D eigenvalue weighted by Gasteiger charge is 2.20. The molecule has 7 heteroatoms. The fraction of sp³-hybridized carbons (Fsp3) is 0.292. The SMILES string of the molecule is O=C(CN1CCCCCC1=O)NNC(=O)Cn1c(-c2ccccc2)cc2ccccc21. The molecular formula is C24H26N4O3. The summed E-state index contributed by atoms with van der Waals surface area (Å²) in [5.74, 6) is -0.747. The van der Waals surface area contributed by atoms with Gasteiger partial charge in [-0.05, 0) is 30.5 Å². The van der Waals surface area contributed by atoms with Crippen LogP contribution in [-0.4, -0.2) is 40.3 Å². The van der Waals surface area contributed by atoms with Gasteiger partial charge in [-0.1, -0.05) is 55.0 Å². The van der Waals surface area contributed by atoms with Crippen LogP contribution in [0.1, 0.15) is 25.7 Å². The number of rotatable bonds is 5. The summed E-state index contributed by atoms with van der Waals surface area (Å²) < 4.78 is 1.94. The van der Waals surface area contributed by atoms with E-state index in [0.29, 0.717) is 13.0 Å². The Morgan fingerprint density at radius 2 is 1.55 bits per heavy atom. The number of hydrogen-bond donors (Lipinski definition) is 2. The van der Waals surface area contributed by atoms with Crippen molar-refractivity contribution < 1.29 is 14.4 Å². The summed E-state index contributed by atoms with van der Waals surface area (Å²) in [6.07, 6.45) is 3.23. The molecule has 1 saturated heterocycles. The molecule has 0 aliphatic carbocycles. The molecule has 0 bridgehead atoms. The van der Waals surface area contributed by atoms with E-state index in [4.69, 9.17) is 0 Å². The molecule has 0 atom stereocenters. The Morgan fingerprint density at radius 3 is 2.35 bits per heavy atom. The van der Waals surface area contributed by atoms with Gasteiger partial charge < -0.3 is 9.47 Å². The van der Waals surface area contributed by atoms with Crippen LogP contribution in [0.25, 0.3) is 22.2 Å². The molecule has 2 N–H and O–H groups in total. The van der Waals surface area contributed by atoms with Crippen molar-refractivity contribution in [2.24, 2.45) is 0 Å². The molecule has 0 radical (unpaired) electrons. The number of para-hydroxylation sites is 1. The maximum absolute atomic E-state index is 12.6. The topological polar surface area (TPSA) is 83.4 Å². The van der Waals surface area contributed by atoms with E-state index in [0.717, 1.165) is 41.4 Å². The Hall–Kier alpha value is -3.61. The van der Waals surface area contributed by atoms with Gasteiger partial charge in [-0.2, -0.15) is 0 Å². The van der Waals surface area contributed by atoms with Crippen LogP contribution in [0.15, 0.2) is 60.7 Å². The molecule has 3 amide bonds. The average molecular weight is 418 g/mol. The number of nitrogens with zero attached hydrogens (tertiary/aromatic N) is 2. The Bertz CT molecular complexity index is 1090. The van der Waals surface area contributed by atoms with Crippen LogP contribution in [0.5, 0.6) is 0 Å². The number of hydrogen-bond acceptors (Lipinski definition) is 3. The number of fused-ring (bicyclic) bond motifs is 1. The predicted octanol–water partition coefficient (Wildman–Crippen LogP) is 2.86. The van der Waals surface area contributed by atoms with Crippen LogP contribution in [0, 0.1) is 0 Å². The second kappa shape index (κ2) is 9.47. The molecule has 31 heavy (non-hydrogen) atoms. The largest absolute Gasteiger partial charge is 0.333 e. The Morgan fingerprint density at radius 1 is 0.839 bits per heavy atom. The molecule has 1 aliphatic heterocycles. The third kappa shape index (κ3) is 4.94. The monoisotopic (exact) mass is 418 g/mol. The lowest BCUT2D eigenvalue weighted by molar-refractivity contribution is -0.136. The lowest BCUT2D eigenvalue weighted by Gasteiger charge is -2.20. The van der Waals surface area contributed by atoms with Gasteiger partial charge in [0.25, 0.3) is 11.8 Å². The lowest BCUT2D eigenvalue weighted by atomic mass is 10.1. The highest BCUT2D eigenvalue weighted by molar-refractivity contribution is 5.90. The summed E-state index contributed by atoms with van der Waals surface area (Å²) in [5.41, 5.74) is 7.81. The molecule has 1 fully saturated rings. The van der Waals surface area contributed by atoms with Crippen molar-refractivity contribution in [3.05, 3.63) is 60.7 Å². The second-order valence-corrected chi connectivity index (χ2v) is 7.76. The van der Waals surface area contributed by atoms with Crippen LogP contribution >= 0.6 is 0 Å². The molecule has 0 saturated carbocycles. The number of nitrogens with one attached hydrogen (secondary N) is 2. The molecule has 1 aliphatic rings. The zero-order chi connectivity index (χ0) is 21.6. The molecule has 2 aromatic carbocycles. The first-order chi connectivity index (χ1) is 15.1. The number of aromatic nitrogens is 1. The minimum Gasteiger partial charge on any atom is -0.333 e. The van der Waals surface area contributed by atoms with Gasteiger partial charge >= 0.3 is 0 Å². The highest BCUT2D eigenvalue weighted by atomic mass is 16.2. The van der Waals surface area contributed by atoms with Gasteiger partial charge in [0.05, 0.1) is 0 Å². The summed E-state index contributed by atoms with van der Waals surface area (Å²) >= 11 is 0. The van der Waals surface area contributed by atoms with E-state index in [-0.39, 0.29) is 24.9 Å². The fourth-order valence-corrected chi connectivity index (χ4v) is 3.97. The number of carbonyl (C=O) groups excluding carboxylic acids is 3. The van der Waals surface area contributed by atoms with Crippen LogP contribution in [0.4, 0.5) is 0 Å². The van der Waals surface area contributed by atoms with Gasteiger partial charge in [0, 0.05) is 29.6 Å². The van der Waals surface area contributed by atoms with Crippen LogP contribution in [-0.2, 0) is 20.9 Å². The number of amides is 3. The van der Waals surface area contributed by atoms with Gasteiger partial charge in [0.2, 0.25) is 5.91 Å². The first kappa shape index (κ1) is 20.7. The number of likely N-dealkylation sites (tertiary alicyclic amines) is 1. The molecule has 2 heterocycles. The average Bonchev–Trinajstić information content (AvgIpc) is 3.03. The standard InChI is InChI=1S/C24H26N4O3/c29-22(16-27-14-8-2-5-13-24(27)31)25-26-23(30)17-28-20-12-7-6-11-19(20)15-21(28)18-9-3-1-4-10-18/h1,3-4,6-7,9-12,15H,2,5,8,13-14,16-17H2,(H,25,29)(H,26,30). The quantitative estimate of drug-likeness (QED) is 0.625. The van der Waals surface area contributed by atoms with Crippen LogP contribution < -0.4 is 10.9 Å². The predicted molar refractivity (Wildman–Crippen MR) is 119 cm³/mol. The van der Waals surface area contributed by atoms with E-state index in [1.54, 1.807) is 4.90 Å². The van der Waals surface area contributed by atoms with Crippen molar-refractivity contribution in [2.45, 2.75) is 32.2 Å². The molecule has 1 aromatic heterocycles. The van der Waals surface area contributed by atoms with Crippen molar-refractivity contribution in [3.63, 3.8) is 0 Å². The van der Waals surface area contributed by atoms with E-state index < -0.39 is 5.91 Å². The Labute approximate surface area is 181 Å². The minimum absolute atomic E-state index is 0.00899. The smallest absolute Gasteiger partial charge is 0.258 e. The molecule has 7 nitrogen and oxygen atoms in total. The summed E-state index contributed by atoms with van der Waals surface area (Å²) in [5, 5.41) is 1.04. The zero-order valence-electron chi connectivity index (χ0n) is 17.3. The highest BCUT2D eigenvalue weighted by Crippen LogP contribution is 2.28. The van der Waals surface area contributed by atoms with Crippen molar-refractivity contribution in [3.8, 4) is 11.3 Å². The van der Waals surface area contributed by atoms with Gasteiger partial charge in [0.1, 0.15) is 13.1 Å². The van der Waals surface area contributed by atoms with E-state index in [1.807, 2.05) is 59.2 Å². The summed E-state index contributed by atoms with van der Waals surface area (Å²) in [4.78, 5) is 38.5. The van der Waals surface area contributed by atoms with Gasteiger partial charge in [-0.3, -0.25) is 25.2 Å². The van der Waals surface area contributed by atoms with Gasteiger partial charge in [-0.25, -0.2) is 0 Å². The number of benzene rings is 2. The second-order valence-electron chi connectivity index (χ2n) is 7.76. The molecule has 0 spiro atoms. The number of hydrazine groups is 1. The van der Waals surface area contributed by atoms with Crippen molar-refractivity contribution in [1.29, 1.82) is 0 Å². The maximum atomic E-state index is 12.6.